The van der Waals surface area contributed by atoms with E-state index in [0.717, 1.165) is 25.7 Å². The summed E-state index contributed by atoms with van der Waals surface area (Å²) in [5.41, 5.74) is 0. The predicted molar refractivity (Wildman–Crippen MR) is 96.1 cm³/mol. The van der Waals surface area contributed by atoms with Crippen LogP contribution in [0.2, 0.25) is 0 Å². The number of carboxylic acids is 1. The molecule has 0 radical (unpaired) electrons. The van der Waals surface area contributed by atoms with Crippen LogP contribution in [0.1, 0.15) is 84.0 Å². The van der Waals surface area contributed by atoms with Gasteiger partial charge in [-0.1, -0.05) is 56.2 Å². The first kappa shape index (κ1) is 20.7. The summed E-state index contributed by atoms with van der Waals surface area (Å²) in [6.07, 6.45) is 26.3. The van der Waals surface area contributed by atoms with Crippen LogP contribution in [0.3, 0.4) is 0 Å². The van der Waals surface area contributed by atoms with E-state index in [4.69, 9.17) is 5.11 Å². The second-order valence-corrected chi connectivity index (χ2v) is 5.72. The van der Waals surface area contributed by atoms with E-state index in [1.54, 1.807) is 0 Å². The largest absolute Gasteiger partial charge is 0.481 e. The number of carbonyl (C=O) groups is 1. The molecule has 1 N–H and O–H groups in total. The summed E-state index contributed by atoms with van der Waals surface area (Å²) in [6.45, 7) is 2.24. The molecule has 2 heteroatoms. The summed E-state index contributed by atoms with van der Waals surface area (Å²) in [6, 6.07) is 0. The smallest absolute Gasteiger partial charge is 0.303 e. The highest BCUT2D eigenvalue weighted by Crippen LogP contribution is 2.05. The topological polar surface area (TPSA) is 37.3 Å². The van der Waals surface area contributed by atoms with Crippen LogP contribution in [0, 0.1) is 0 Å². The normalized spacial score (nSPS) is 12.0. The van der Waals surface area contributed by atoms with Crippen molar-refractivity contribution in [1.29, 1.82) is 0 Å². The molecule has 0 amide bonds. The van der Waals surface area contributed by atoms with Crippen molar-refractivity contribution in [2.24, 2.45) is 0 Å². The van der Waals surface area contributed by atoms with Gasteiger partial charge >= 0.3 is 5.97 Å². The Morgan fingerprint density at radius 2 is 1.18 bits per heavy atom. The maximum Gasteiger partial charge on any atom is 0.303 e. The Hall–Kier alpha value is -1.31. The van der Waals surface area contributed by atoms with Gasteiger partial charge in [0.25, 0.3) is 0 Å². The van der Waals surface area contributed by atoms with Gasteiger partial charge < -0.3 is 5.11 Å². The van der Waals surface area contributed by atoms with Crippen LogP contribution in [0.5, 0.6) is 0 Å². The average Bonchev–Trinajstić information content (AvgIpc) is 2.50. The molecule has 0 aromatic rings. The average molecular weight is 306 g/mol. The van der Waals surface area contributed by atoms with Crippen molar-refractivity contribution in [2.75, 3.05) is 0 Å². The number of aliphatic carboxylic acids is 1. The molecule has 0 heterocycles. The van der Waals surface area contributed by atoms with E-state index in [-0.39, 0.29) is 6.42 Å². The van der Waals surface area contributed by atoms with Gasteiger partial charge in [0.2, 0.25) is 0 Å². The molecule has 0 aliphatic heterocycles. The minimum absolute atomic E-state index is 0.271. The van der Waals surface area contributed by atoms with Crippen molar-refractivity contribution in [3.8, 4) is 0 Å². The standard InChI is InChI=1S/C20H34O2/c1-2-3-4-5-6-7-8-9-10-11-12-13-14-15-16-17-18-19-20(21)22/h6-7,12-13,15-16H,2-5,8-11,14,17-19H2,1H3,(H,21,22)/b7-6-,13-12-,16-15-. The Kier molecular flexibility index (Phi) is 16.7. The molecule has 0 atom stereocenters. The molecule has 0 aromatic heterocycles. The van der Waals surface area contributed by atoms with E-state index < -0.39 is 5.97 Å². The number of unbranched alkanes of at least 4 members (excludes halogenated alkanes) is 7. The minimum Gasteiger partial charge on any atom is -0.481 e. The van der Waals surface area contributed by atoms with E-state index in [0.29, 0.717) is 0 Å². The lowest BCUT2D eigenvalue weighted by molar-refractivity contribution is -0.137. The highest BCUT2D eigenvalue weighted by atomic mass is 16.4. The first-order chi connectivity index (χ1) is 10.8. The number of carboxylic acid groups (broad SMARTS) is 1. The van der Waals surface area contributed by atoms with Gasteiger partial charge in [-0.05, 0) is 57.8 Å². The van der Waals surface area contributed by atoms with Crippen molar-refractivity contribution in [3.05, 3.63) is 36.5 Å². The van der Waals surface area contributed by atoms with Crippen LogP contribution < -0.4 is 0 Å². The van der Waals surface area contributed by atoms with Crippen LogP contribution in [-0.2, 0) is 4.79 Å². The molecule has 0 saturated heterocycles. The lowest BCUT2D eigenvalue weighted by Gasteiger charge is -1.94. The lowest BCUT2D eigenvalue weighted by atomic mass is 10.1. The molecular formula is C20H34O2. The van der Waals surface area contributed by atoms with E-state index in [1.807, 2.05) is 0 Å². The first-order valence-electron chi connectivity index (χ1n) is 8.94. The quantitative estimate of drug-likeness (QED) is 0.279. The third-order valence-electron chi connectivity index (χ3n) is 3.50. The Morgan fingerprint density at radius 3 is 1.68 bits per heavy atom. The monoisotopic (exact) mass is 306 g/mol. The summed E-state index contributed by atoms with van der Waals surface area (Å²) in [5.74, 6) is -0.705. The SMILES string of the molecule is CCCCC/C=C\CCCC/C=C\C/C=C\CCCC(=O)O. The fourth-order valence-electron chi connectivity index (χ4n) is 2.15. The maximum atomic E-state index is 10.3. The second-order valence-electron chi connectivity index (χ2n) is 5.72. The molecule has 0 bridgehead atoms. The Morgan fingerprint density at radius 1 is 0.727 bits per heavy atom. The summed E-state index contributed by atoms with van der Waals surface area (Å²) in [5, 5.41) is 8.50. The summed E-state index contributed by atoms with van der Waals surface area (Å²) >= 11 is 0. The van der Waals surface area contributed by atoms with Crippen LogP contribution in [-0.4, -0.2) is 11.1 Å². The fourth-order valence-corrected chi connectivity index (χ4v) is 2.15. The molecule has 0 spiro atoms. The predicted octanol–water partition coefficient (Wildman–Crippen LogP) is 6.44. The summed E-state index contributed by atoms with van der Waals surface area (Å²) in [7, 11) is 0. The van der Waals surface area contributed by atoms with Gasteiger partial charge in [-0.15, -0.1) is 0 Å². The van der Waals surface area contributed by atoms with Gasteiger partial charge in [-0.3, -0.25) is 4.79 Å². The molecule has 126 valence electrons. The molecule has 0 saturated carbocycles. The number of hydrogen-bond acceptors (Lipinski definition) is 1. The van der Waals surface area contributed by atoms with Gasteiger partial charge in [0.05, 0.1) is 0 Å². The lowest BCUT2D eigenvalue weighted by Crippen LogP contribution is -1.92. The Balaban J connectivity index is 3.27. The summed E-state index contributed by atoms with van der Waals surface area (Å²) in [4.78, 5) is 10.3. The summed E-state index contributed by atoms with van der Waals surface area (Å²) < 4.78 is 0. The van der Waals surface area contributed by atoms with Gasteiger partial charge in [0.1, 0.15) is 0 Å². The zero-order valence-electron chi connectivity index (χ0n) is 14.3. The van der Waals surface area contributed by atoms with Crippen molar-refractivity contribution >= 4 is 5.97 Å². The van der Waals surface area contributed by atoms with Crippen LogP contribution in [0.25, 0.3) is 0 Å². The molecule has 22 heavy (non-hydrogen) atoms. The fraction of sp³-hybridized carbons (Fsp3) is 0.650. The van der Waals surface area contributed by atoms with Gasteiger partial charge in [0, 0.05) is 6.42 Å². The van der Waals surface area contributed by atoms with E-state index in [9.17, 15) is 4.79 Å². The molecule has 0 unspecified atom stereocenters. The minimum atomic E-state index is -0.705. The van der Waals surface area contributed by atoms with Gasteiger partial charge in [-0.2, -0.15) is 0 Å². The van der Waals surface area contributed by atoms with E-state index >= 15 is 0 Å². The first-order valence-corrected chi connectivity index (χ1v) is 8.94. The van der Waals surface area contributed by atoms with E-state index in [2.05, 4.69) is 43.4 Å². The van der Waals surface area contributed by atoms with E-state index in [1.165, 1.54) is 44.9 Å². The third-order valence-corrected chi connectivity index (χ3v) is 3.50. The third kappa shape index (κ3) is 18.7. The maximum absolute atomic E-state index is 10.3. The molecule has 2 nitrogen and oxygen atoms in total. The Bertz CT molecular complexity index is 327. The van der Waals surface area contributed by atoms with Gasteiger partial charge in [0.15, 0.2) is 0 Å². The molecular weight excluding hydrogens is 272 g/mol. The molecule has 0 aromatic carbocycles. The number of rotatable bonds is 15. The van der Waals surface area contributed by atoms with Crippen molar-refractivity contribution < 1.29 is 9.90 Å². The number of allylic oxidation sites excluding steroid dienone is 6. The molecule has 0 rings (SSSR count). The molecule has 0 aliphatic carbocycles. The van der Waals surface area contributed by atoms with Crippen LogP contribution in [0.15, 0.2) is 36.5 Å². The zero-order chi connectivity index (χ0) is 16.3. The van der Waals surface area contributed by atoms with Gasteiger partial charge in [-0.25, -0.2) is 0 Å². The zero-order valence-corrected chi connectivity index (χ0v) is 14.3. The highest BCUT2D eigenvalue weighted by Gasteiger charge is 1.92. The number of hydrogen-bond donors (Lipinski definition) is 1. The second kappa shape index (κ2) is 17.7. The van der Waals surface area contributed by atoms with Crippen molar-refractivity contribution in [3.63, 3.8) is 0 Å². The molecule has 0 fully saturated rings. The molecule has 0 aliphatic rings. The van der Waals surface area contributed by atoms with Crippen LogP contribution >= 0.6 is 0 Å². The van der Waals surface area contributed by atoms with Crippen molar-refractivity contribution in [1.82, 2.24) is 0 Å². The van der Waals surface area contributed by atoms with Crippen molar-refractivity contribution in [2.45, 2.75) is 84.0 Å². The Labute approximate surface area is 137 Å². The highest BCUT2D eigenvalue weighted by molar-refractivity contribution is 5.66. The van der Waals surface area contributed by atoms with Crippen LogP contribution in [0.4, 0.5) is 0 Å².